The van der Waals surface area contributed by atoms with Gasteiger partial charge in [0, 0.05) is 42.7 Å². The lowest BCUT2D eigenvalue weighted by Gasteiger charge is -2.38. The highest BCUT2D eigenvalue weighted by Crippen LogP contribution is 2.34. The highest BCUT2D eigenvalue weighted by molar-refractivity contribution is 6.30. The van der Waals surface area contributed by atoms with E-state index in [1.165, 1.54) is 32.1 Å². The number of amides is 3. The molecule has 2 aliphatic rings. The van der Waals surface area contributed by atoms with E-state index in [0.717, 1.165) is 24.8 Å². The lowest BCUT2D eigenvalue weighted by Crippen LogP contribution is -2.54. The molecule has 3 amide bonds. The molecule has 8 nitrogen and oxygen atoms in total. The number of urea groups is 1. The summed E-state index contributed by atoms with van der Waals surface area (Å²) in [5.74, 6) is 0.707. The molecule has 3 rings (SSSR count). The maximum atomic E-state index is 13.3. The molecule has 35 heavy (non-hydrogen) atoms. The van der Waals surface area contributed by atoms with Gasteiger partial charge in [-0.1, -0.05) is 55.8 Å². The number of benzene rings is 1. The van der Waals surface area contributed by atoms with Crippen molar-refractivity contribution in [1.82, 2.24) is 15.5 Å². The molecule has 2 fully saturated rings. The van der Waals surface area contributed by atoms with Gasteiger partial charge in [0.05, 0.1) is 12.7 Å². The van der Waals surface area contributed by atoms with Crippen molar-refractivity contribution < 1.29 is 19.4 Å². The fourth-order valence-corrected chi connectivity index (χ4v) is 5.61. The van der Waals surface area contributed by atoms with Gasteiger partial charge in [-0.05, 0) is 49.8 Å². The second kappa shape index (κ2) is 13.9. The van der Waals surface area contributed by atoms with Crippen molar-refractivity contribution in [3.05, 3.63) is 34.9 Å². The number of rotatable bonds is 10. The van der Waals surface area contributed by atoms with Crippen LogP contribution in [0.1, 0.15) is 70.0 Å². The Kier molecular flexibility index (Phi) is 10.9. The fourth-order valence-electron chi connectivity index (χ4n) is 5.41. The molecule has 9 heteroatoms. The number of carbonyl (C=O) groups is 2. The summed E-state index contributed by atoms with van der Waals surface area (Å²) in [6.07, 6.45) is 7.64. The Balaban J connectivity index is 1.63. The predicted molar refractivity (Wildman–Crippen MR) is 138 cm³/mol. The molecule has 1 aliphatic heterocycles. The fraction of sp³-hybridized carbons (Fsp3) is 0.692. The number of halogens is 1. The zero-order chi connectivity index (χ0) is 25.2. The van der Waals surface area contributed by atoms with Crippen molar-refractivity contribution in [3.8, 4) is 0 Å². The van der Waals surface area contributed by atoms with Gasteiger partial charge in [-0.25, -0.2) is 9.59 Å². The average Bonchev–Trinajstić information content (AvgIpc) is 2.84. The Morgan fingerprint density at radius 1 is 1.23 bits per heavy atom. The molecule has 1 aliphatic carbocycles. The molecule has 1 aromatic rings. The van der Waals surface area contributed by atoms with Crippen molar-refractivity contribution in [3.63, 3.8) is 0 Å². The number of carbonyl (C=O) groups excluding carboxylic acids is 1. The maximum Gasteiger partial charge on any atom is 0.404 e. The molecule has 0 spiro atoms. The van der Waals surface area contributed by atoms with Crippen LogP contribution >= 0.6 is 11.6 Å². The number of likely N-dealkylation sites (tertiary alicyclic amines) is 1. The maximum absolute atomic E-state index is 13.3. The van der Waals surface area contributed by atoms with Gasteiger partial charge < -0.3 is 31.1 Å². The molecule has 2 unspecified atom stereocenters. The number of nitrogens with two attached hydrogens (primary N) is 1. The van der Waals surface area contributed by atoms with Crippen LogP contribution in [0, 0.1) is 11.8 Å². The Hall–Kier alpha value is -2.03. The largest absolute Gasteiger partial charge is 0.465 e. The van der Waals surface area contributed by atoms with Crippen LogP contribution in [0.3, 0.4) is 0 Å². The molecule has 1 aromatic carbocycles. The van der Waals surface area contributed by atoms with Crippen molar-refractivity contribution in [1.29, 1.82) is 0 Å². The molecule has 0 bridgehead atoms. The number of carboxylic acid groups (broad SMARTS) is 1. The molecule has 4 atom stereocenters. The minimum Gasteiger partial charge on any atom is -0.465 e. The zero-order valence-corrected chi connectivity index (χ0v) is 21.5. The van der Waals surface area contributed by atoms with Crippen LogP contribution in [-0.2, 0) is 4.74 Å². The quantitative estimate of drug-likeness (QED) is 0.339. The van der Waals surface area contributed by atoms with Gasteiger partial charge in [0.15, 0.2) is 0 Å². The van der Waals surface area contributed by atoms with Crippen molar-refractivity contribution in [2.45, 2.75) is 76.5 Å². The van der Waals surface area contributed by atoms with Gasteiger partial charge in [0.1, 0.15) is 0 Å². The van der Waals surface area contributed by atoms with Crippen LogP contribution in [0.5, 0.6) is 0 Å². The van der Waals surface area contributed by atoms with Crippen molar-refractivity contribution in [2.24, 2.45) is 17.6 Å². The molecule has 1 saturated carbocycles. The number of ether oxygens (including phenoxy) is 1. The summed E-state index contributed by atoms with van der Waals surface area (Å²) in [6, 6.07) is 7.34. The zero-order valence-electron chi connectivity index (χ0n) is 20.8. The first kappa shape index (κ1) is 27.6. The Labute approximate surface area is 213 Å². The van der Waals surface area contributed by atoms with Gasteiger partial charge in [-0.15, -0.1) is 0 Å². The van der Waals surface area contributed by atoms with E-state index in [1.807, 2.05) is 36.1 Å². The first-order chi connectivity index (χ1) is 16.8. The van der Waals surface area contributed by atoms with Crippen molar-refractivity contribution in [2.75, 3.05) is 26.2 Å². The first-order valence-corrected chi connectivity index (χ1v) is 13.4. The lowest BCUT2D eigenvalue weighted by molar-refractivity contribution is -0.00855. The Morgan fingerprint density at radius 3 is 2.69 bits per heavy atom. The summed E-state index contributed by atoms with van der Waals surface area (Å²) >= 11 is 6.24. The van der Waals surface area contributed by atoms with Crippen LogP contribution in [-0.4, -0.2) is 60.5 Å². The summed E-state index contributed by atoms with van der Waals surface area (Å²) in [4.78, 5) is 25.9. The Morgan fingerprint density at radius 2 is 2.00 bits per heavy atom. The highest BCUT2D eigenvalue weighted by atomic mass is 35.5. The van der Waals surface area contributed by atoms with Crippen LogP contribution in [0.2, 0.25) is 5.02 Å². The summed E-state index contributed by atoms with van der Waals surface area (Å²) in [5.41, 5.74) is 7.21. The normalized spacial score (nSPS) is 21.7. The van der Waals surface area contributed by atoms with E-state index in [-0.39, 0.29) is 43.3 Å². The molecule has 5 N–H and O–H groups in total. The SMILES string of the molecule is C[C@@H](N)C(CC1CCCCC1)NC(=O)N1CCCC([C@@H](OCCNC(=O)O)c2cccc(Cl)c2)C1. The van der Waals surface area contributed by atoms with Gasteiger partial charge >= 0.3 is 12.1 Å². The molecular weight excluding hydrogens is 468 g/mol. The van der Waals surface area contributed by atoms with E-state index in [4.69, 9.17) is 27.2 Å². The van der Waals surface area contributed by atoms with Gasteiger partial charge in [0.25, 0.3) is 0 Å². The summed E-state index contributed by atoms with van der Waals surface area (Å²) in [7, 11) is 0. The van der Waals surface area contributed by atoms with Crippen LogP contribution in [0.25, 0.3) is 0 Å². The third kappa shape index (κ3) is 8.85. The van der Waals surface area contributed by atoms with E-state index in [9.17, 15) is 9.59 Å². The van der Waals surface area contributed by atoms with Crippen molar-refractivity contribution >= 4 is 23.7 Å². The van der Waals surface area contributed by atoms with E-state index in [1.54, 1.807) is 0 Å². The van der Waals surface area contributed by atoms with Crippen LogP contribution < -0.4 is 16.4 Å². The summed E-state index contributed by atoms with van der Waals surface area (Å²) in [6.45, 7) is 3.66. The van der Waals surface area contributed by atoms with Gasteiger partial charge in [-0.2, -0.15) is 0 Å². The number of nitrogens with one attached hydrogen (secondary N) is 2. The molecule has 1 saturated heterocycles. The smallest absolute Gasteiger partial charge is 0.404 e. The standard InChI is InChI=1S/C26H41ClN4O4/c1-18(28)23(15-19-7-3-2-4-8-19)30-25(32)31-13-6-10-21(17-31)24(35-14-12-29-26(33)34)20-9-5-11-22(27)16-20/h5,9,11,16,18-19,21,23-24,29H,2-4,6-8,10,12-15,17,28H2,1H3,(H,30,32)(H,33,34)/t18-,21?,23?,24+/m1/s1. The molecule has 0 aromatic heterocycles. The molecule has 1 heterocycles. The number of hydrogen-bond acceptors (Lipinski definition) is 4. The lowest BCUT2D eigenvalue weighted by atomic mass is 9.83. The van der Waals surface area contributed by atoms with E-state index >= 15 is 0 Å². The van der Waals surface area contributed by atoms with E-state index in [0.29, 0.717) is 24.0 Å². The third-order valence-corrected chi connectivity index (χ3v) is 7.52. The highest BCUT2D eigenvalue weighted by Gasteiger charge is 2.33. The molecule has 0 radical (unpaired) electrons. The van der Waals surface area contributed by atoms with Crippen LogP contribution in [0.4, 0.5) is 9.59 Å². The monoisotopic (exact) mass is 508 g/mol. The topological polar surface area (TPSA) is 117 Å². The van der Waals surface area contributed by atoms with Crippen LogP contribution in [0.15, 0.2) is 24.3 Å². The molecule has 196 valence electrons. The average molecular weight is 509 g/mol. The number of nitrogens with zero attached hydrogens (tertiary/aromatic N) is 1. The number of hydrogen-bond donors (Lipinski definition) is 4. The number of piperidine rings is 1. The van der Waals surface area contributed by atoms with E-state index < -0.39 is 6.09 Å². The van der Waals surface area contributed by atoms with E-state index in [2.05, 4.69) is 10.6 Å². The first-order valence-electron chi connectivity index (χ1n) is 13.0. The second-order valence-electron chi connectivity index (χ2n) is 10.1. The molecular formula is C26H41ClN4O4. The summed E-state index contributed by atoms with van der Waals surface area (Å²) in [5, 5.41) is 15.0. The van der Waals surface area contributed by atoms with Gasteiger partial charge in [-0.3, -0.25) is 0 Å². The minimum atomic E-state index is -1.08. The Bertz CT molecular complexity index is 818. The summed E-state index contributed by atoms with van der Waals surface area (Å²) < 4.78 is 6.16. The minimum absolute atomic E-state index is 0.0342. The predicted octanol–water partition coefficient (Wildman–Crippen LogP) is 4.77. The van der Waals surface area contributed by atoms with Gasteiger partial charge in [0.2, 0.25) is 0 Å². The second-order valence-corrected chi connectivity index (χ2v) is 10.5. The third-order valence-electron chi connectivity index (χ3n) is 7.28.